The van der Waals surface area contributed by atoms with E-state index in [2.05, 4.69) is 0 Å². The number of ketones is 1. The minimum atomic E-state index is -0.853. The summed E-state index contributed by atoms with van der Waals surface area (Å²) < 4.78 is 5.11. The van der Waals surface area contributed by atoms with E-state index in [0.717, 1.165) is 11.3 Å². The number of nitrogens with zero attached hydrogens (tertiary/aromatic N) is 1. The molecule has 0 unspecified atom stereocenters. The fourth-order valence-electron chi connectivity index (χ4n) is 2.49. The first kappa shape index (κ1) is 16.5. The van der Waals surface area contributed by atoms with Gasteiger partial charge in [0.25, 0.3) is 0 Å². The van der Waals surface area contributed by atoms with Crippen molar-refractivity contribution in [3.8, 4) is 5.75 Å². The number of hydrogen-bond acceptors (Lipinski definition) is 5. The van der Waals surface area contributed by atoms with Crippen LogP contribution in [0, 0.1) is 0 Å². The van der Waals surface area contributed by atoms with Crippen molar-refractivity contribution in [2.75, 3.05) is 19.0 Å². The number of carbonyl (C=O) groups is 1. The standard InChI is InChI=1S/C20H17NO4/c1-21(2)14-10-7-13(8-11-14)9-12-16(22)18-19(23)15-5-3-4-6-17(15)25-20(18)24/h3-12,23H,1-2H3/b12-9+. The molecule has 25 heavy (non-hydrogen) atoms. The van der Waals surface area contributed by atoms with Crippen LogP contribution in [0.15, 0.2) is 63.8 Å². The summed E-state index contributed by atoms with van der Waals surface area (Å²) in [5.74, 6) is -0.960. The molecule has 5 heteroatoms. The molecule has 126 valence electrons. The van der Waals surface area contributed by atoms with E-state index in [9.17, 15) is 14.7 Å². The zero-order valence-electron chi connectivity index (χ0n) is 13.9. The Hall–Kier alpha value is -3.34. The number of aromatic hydroxyl groups is 1. The molecule has 0 spiro atoms. The molecule has 0 atom stereocenters. The van der Waals surface area contributed by atoms with Gasteiger partial charge in [-0.15, -0.1) is 0 Å². The summed E-state index contributed by atoms with van der Waals surface area (Å²) in [7, 11) is 3.88. The van der Waals surface area contributed by atoms with E-state index in [4.69, 9.17) is 4.42 Å². The van der Waals surface area contributed by atoms with Crippen molar-refractivity contribution < 1.29 is 14.3 Å². The first-order chi connectivity index (χ1) is 12.0. The van der Waals surface area contributed by atoms with Crippen LogP contribution in [0.5, 0.6) is 5.75 Å². The molecule has 3 rings (SSSR count). The number of para-hydroxylation sites is 1. The highest BCUT2D eigenvalue weighted by molar-refractivity contribution is 6.10. The van der Waals surface area contributed by atoms with Crippen LogP contribution in [-0.2, 0) is 0 Å². The van der Waals surface area contributed by atoms with Gasteiger partial charge in [0.15, 0.2) is 5.78 Å². The number of carbonyl (C=O) groups excluding carboxylic acids is 1. The van der Waals surface area contributed by atoms with Crippen molar-refractivity contribution in [2.45, 2.75) is 0 Å². The van der Waals surface area contributed by atoms with Crippen LogP contribution in [0.2, 0.25) is 0 Å². The molecule has 1 heterocycles. The summed E-state index contributed by atoms with van der Waals surface area (Å²) in [4.78, 5) is 26.4. The van der Waals surface area contributed by atoms with Gasteiger partial charge in [-0.2, -0.15) is 0 Å². The van der Waals surface area contributed by atoms with E-state index in [-0.39, 0.29) is 16.9 Å². The highest BCUT2D eigenvalue weighted by atomic mass is 16.4. The largest absolute Gasteiger partial charge is 0.506 e. The zero-order valence-corrected chi connectivity index (χ0v) is 13.9. The van der Waals surface area contributed by atoms with Gasteiger partial charge in [-0.05, 0) is 35.9 Å². The second-order valence-corrected chi connectivity index (χ2v) is 5.79. The second-order valence-electron chi connectivity index (χ2n) is 5.79. The Balaban J connectivity index is 1.93. The Morgan fingerprint density at radius 1 is 1.08 bits per heavy atom. The average Bonchev–Trinajstić information content (AvgIpc) is 2.60. The van der Waals surface area contributed by atoms with E-state index in [1.807, 2.05) is 43.3 Å². The highest BCUT2D eigenvalue weighted by Crippen LogP contribution is 2.26. The maximum atomic E-state index is 12.4. The predicted molar refractivity (Wildman–Crippen MR) is 98.3 cm³/mol. The molecule has 5 nitrogen and oxygen atoms in total. The van der Waals surface area contributed by atoms with Gasteiger partial charge in [-0.3, -0.25) is 4.79 Å². The van der Waals surface area contributed by atoms with Crippen LogP contribution in [0.4, 0.5) is 5.69 Å². The summed E-state index contributed by atoms with van der Waals surface area (Å²) in [5, 5.41) is 10.6. The monoisotopic (exact) mass is 335 g/mol. The van der Waals surface area contributed by atoms with Crippen molar-refractivity contribution in [2.24, 2.45) is 0 Å². The first-order valence-electron chi connectivity index (χ1n) is 7.72. The van der Waals surface area contributed by atoms with Gasteiger partial charge in [0, 0.05) is 19.8 Å². The summed E-state index contributed by atoms with van der Waals surface area (Å²) >= 11 is 0. The molecule has 0 saturated carbocycles. The van der Waals surface area contributed by atoms with Crippen LogP contribution >= 0.6 is 0 Å². The van der Waals surface area contributed by atoms with Crippen molar-refractivity contribution >= 4 is 28.5 Å². The van der Waals surface area contributed by atoms with Gasteiger partial charge >= 0.3 is 5.63 Å². The highest BCUT2D eigenvalue weighted by Gasteiger charge is 2.18. The first-order valence-corrected chi connectivity index (χ1v) is 7.72. The van der Waals surface area contributed by atoms with Crippen LogP contribution < -0.4 is 10.5 Å². The summed E-state index contributed by atoms with van der Waals surface area (Å²) in [6.45, 7) is 0. The number of hydrogen-bond donors (Lipinski definition) is 1. The van der Waals surface area contributed by atoms with Crippen LogP contribution in [0.1, 0.15) is 15.9 Å². The number of rotatable bonds is 4. The van der Waals surface area contributed by atoms with Gasteiger partial charge in [0.05, 0.1) is 5.39 Å². The Kier molecular flexibility index (Phi) is 4.39. The minimum absolute atomic E-state index is 0.241. The average molecular weight is 335 g/mol. The fourth-order valence-corrected chi connectivity index (χ4v) is 2.49. The Bertz CT molecular complexity index is 1010. The molecule has 0 aliphatic rings. The quantitative estimate of drug-likeness (QED) is 0.449. The summed E-state index contributed by atoms with van der Waals surface area (Å²) in [6.07, 6.45) is 2.85. The molecule has 1 aromatic heterocycles. The molecule has 3 aromatic rings. The fraction of sp³-hybridized carbons (Fsp3) is 0.100. The Morgan fingerprint density at radius 3 is 2.44 bits per heavy atom. The van der Waals surface area contributed by atoms with Crippen molar-refractivity contribution in [1.82, 2.24) is 0 Å². The van der Waals surface area contributed by atoms with Crippen molar-refractivity contribution in [1.29, 1.82) is 0 Å². The lowest BCUT2D eigenvalue weighted by Gasteiger charge is -2.11. The Morgan fingerprint density at radius 2 is 1.76 bits per heavy atom. The molecule has 0 aliphatic heterocycles. The molecule has 0 radical (unpaired) electrons. The van der Waals surface area contributed by atoms with Crippen LogP contribution in [0.25, 0.3) is 17.0 Å². The normalized spacial score (nSPS) is 11.1. The number of fused-ring (bicyclic) bond motifs is 1. The lowest BCUT2D eigenvalue weighted by atomic mass is 10.1. The third kappa shape index (κ3) is 3.30. The Labute approximate surface area is 144 Å². The summed E-state index contributed by atoms with van der Waals surface area (Å²) in [6, 6.07) is 14.1. The molecule has 0 amide bonds. The molecule has 0 bridgehead atoms. The third-order valence-electron chi connectivity index (χ3n) is 3.87. The lowest BCUT2D eigenvalue weighted by Crippen LogP contribution is -2.12. The number of anilines is 1. The van der Waals surface area contributed by atoms with Gasteiger partial charge in [-0.25, -0.2) is 4.79 Å². The molecule has 0 fully saturated rings. The molecular formula is C20H17NO4. The maximum absolute atomic E-state index is 12.4. The predicted octanol–water partition coefficient (Wildman–Crippen LogP) is 3.46. The van der Waals surface area contributed by atoms with E-state index in [1.165, 1.54) is 6.08 Å². The lowest BCUT2D eigenvalue weighted by molar-refractivity contribution is 0.104. The third-order valence-corrected chi connectivity index (χ3v) is 3.87. The van der Waals surface area contributed by atoms with Gasteiger partial charge in [0.1, 0.15) is 16.9 Å². The summed E-state index contributed by atoms with van der Waals surface area (Å²) in [5.41, 5.74) is 0.874. The van der Waals surface area contributed by atoms with E-state index >= 15 is 0 Å². The van der Waals surface area contributed by atoms with E-state index in [1.54, 1.807) is 30.3 Å². The molecule has 1 N–H and O–H groups in total. The molecule has 2 aromatic carbocycles. The van der Waals surface area contributed by atoms with Crippen molar-refractivity contribution in [3.05, 3.63) is 76.2 Å². The van der Waals surface area contributed by atoms with Crippen LogP contribution in [-0.4, -0.2) is 25.0 Å². The van der Waals surface area contributed by atoms with E-state index in [0.29, 0.717) is 5.39 Å². The topological polar surface area (TPSA) is 70.8 Å². The zero-order chi connectivity index (χ0) is 18.0. The molecule has 0 saturated heterocycles. The van der Waals surface area contributed by atoms with Gasteiger partial charge in [0.2, 0.25) is 0 Å². The van der Waals surface area contributed by atoms with Gasteiger partial charge in [-0.1, -0.05) is 30.3 Å². The molecular weight excluding hydrogens is 318 g/mol. The van der Waals surface area contributed by atoms with Crippen molar-refractivity contribution in [3.63, 3.8) is 0 Å². The smallest absolute Gasteiger partial charge is 0.351 e. The second kappa shape index (κ2) is 6.65. The number of benzene rings is 2. The van der Waals surface area contributed by atoms with Crippen LogP contribution in [0.3, 0.4) is 0 Å². The molecule has 0 aliphatic carbocycles. The maximum Gasteiger partial charge on any atom is 0.351 e. The SMILES string of the molecule is CN(C)c1ccc(/C=C/C(=O)c2c(O)c3ccccc3oc2=O)cc1. The minimum Gasteiger partial charge on any atom is -0.506 e. The number of allylic oxidation sites excluding steroid dienone is 1. The van der Waals surface area contributed by atoms with Gasteiger partial charge < -0.3 is 14.4 Å². The van der Waals surface area contributed by atoms with E-state index < -0.39 is 11.4 Å².